The van der Waals surface area contributed by atoms with Crippen LogP contribution in [-0.4, -0.2) is 36.7 Å². The van der Waals surface area contributed by atoms with Crippen LogP contribution in [0.4, 0.5) is 5.69 Å². The number of benzene rings is 3. The first-order valence-corrected chi connectivity index (χ1v) is 11.1. The zero-order valence-corrected chi connectivity index (χ0v) is 19.7. The summed E-state index contributed by atoms with van der Waals surface area (Å²) in [6, 6.07) is 18.4. The highest BCUT2D eigenvalue weighted by atomic mass is 35.5. The Balaban J connectivity index is 2.02. The second kappa shape index (κ2) is 9.23. The van der Waals surface area contributed by atoms with Crippen LogP contribution in [-0.2, 0) is 15.1 Å². The maximum absolute atomic E-state index is 12.8. The zero-order chi connectivity index (χ0) is 23.8. The molecule has 1 amide bonds. The third-order valence-corrected chi connectivity index (χ3v) is 6.25. The smallest absolute Gasteiger partial charge is 0.347 e. The largest absolute Gasteiger partial charge is 0.478 e. The van der Waals surface area contributed by atoms with Crippen LogP contribution in [0.15, 0.2) is 66.7 Å². The van der Waals surface area contributed by atoms with Crippen LogP contribution in [0.2, 0.25) is 15.1 Å². The molecule has 2 unspecified atom stereocenters. The monoisotopic (exact) mass is 504 g/mol. The van der Waals surface area contributed by atoms with Gasteiger partial charge in [-0.2, -0.15) is 0 Å². The van der Waals surface area contributed by atoms with Gasteiger partial charge in [0.05, 0.1) is 6.54 Å². The molecule has 3 aromatic carbocycles. The number of nitrogens with one attached hydrogen (secondary N) is 1. The zero-order valence-electron chi connectivity index (χ0n) is 17.4. The summed E-state index contributed by atoms with van der Waals surface area (Å²) in [5.74, 6) is -1.33. The summed E-state index contributed by atoms with van der Waals surface area (Å²) in [7, 11) is 1.63. The van der Waals surface area contributed by atoms with Gasteiger partial charge in [-0.1, -0.05) is 65.1 Å². The summed E-state index contributed by atoms with van der Waals surface area (Å²) in [4.78, 5) is 27.1. The third kappa shape index (κ3) is 4.39. The second-order valence-corrected chi connectivity index (χ2v) is 8.89. The van der Waals surface area contributed by atoms with E-state index in [1.807, 2.05) is 6.07 Å². The molecular formula is C24H19Cl3N2O4. The number of ether oxygens (including phenoxy) is 1. The van der Waals surface area contributed by atoms with Crippen LogP contribution >= 0.6 is 34.8 Å². The summed E-state index contributed by atoms with van der Waals surface area (Å²) in [5.41, 5.74) is 0.0900. The lowest BCUT2D eigenvalue weighted by Crippen LogP contribution is -2.58. The average molecular weight is 506 g/mol. The number of amides is 1. The summed E-state index contributed by atoms with van der Waals surface area (Å²) in [6.45, 7) is -0.138. The topological polar surface area (TPSA) is 78.9 Å². The highest BCUT2D eigenvalue weighted by Gasteiger charge is 2.51. The molecule has 1 aliphatic heterocycles. The predicted octanol–water partition coefficient (Wildman–Crippen LogP) is 4.99. The van der Waals surface area contributed by atoms with E-state index in [0.717, 1.165) is 0 Å². The van der Waals surface area contributed by atoms with Crippen molar-refractivity contribution in [3.8, 4) is 5.75 Å². The van der Waals surface area contributed by atoms with Gasteiger partial charge in [0.25, 0.3) is 0 Å². The number of carboxylic acid groups (broad SMARTS) is 1. The van der Waals surface area contributed by atoms with Crippen molar-refractivity contribution >= 4 is 52.4 Å². The van der Waals surface area contributed by atoms with E-state index < -0.39 is 17.6 Å². The molecule has 2 N–H and O–H groups in total. The molecule has 9 heteroatoms. The molecule has 6 nitrogen and oxygen atoms in total. The molecule has 1 aliphatic rings. The fraction of sp³-hybridized carbons (Fsp3) is 0.167. The van der Waals surface area contributed by atoms with Crippen LogP contribution in [0.1, 0.15) is 11.1 Å². The minimum atomic E-state index is -1.52. The number of hydrogen-bond donors (Lipinski definition) is 2. The number of carbonyl (C=O) groups excluding carboxylic acids is 1. The molecule has 170 valence electrons. The van der Waals surface area contributed by atoms with Crippen molar-refractivity contribution in [1.82, 2.24) is 5.32 Å². The summed E-state index contributed by atoms with van der Waals surface area (Å²) in [5, 5.41) is 14.6. The molecule has 3 aromatic rings. The van der Waals surface area contributed by atoms with E-state index in [9.17, 15) is 14.7 Å². The van der Waals surface area contributed by atoms with Crippen LogP contribution in [0, 0.1) is 0 Å². The fourth-order valence-electron chi connectivity index (χ4n) is 4.08. The molecular weight excluding hydrogens is 487 g/mol. The van der Waals surface area contributed by atoms with E-state index in [1.165, 1.54) is 23.1 Å². The normalized spacial score (nSPS) is 18.9. The molecule has 1 heterocycles. The maximum atomic E-state index is 12.8. The molecule has 0 radical (unpaired) electrons. The second-order valence-electron chi connectivity index (χ2n) is 7.58. The number of anilines is 1. The lowest BCUT2D eigenvalue weighted by molar-refractivity contribution is -0.149. The van der Waals surface area contributed by atoms with Crippen LogP contribution in [0.25, 0.3) is 0 Å². The first-order valence-electron chi connectivity index (χ1n) is 9.95. The number of carbonyl (C=O) groups is 2. The molecule has 0 aliphatic carbocycles. The van der Waals surface area contributed by atoms with E-state index >= 15 is 0 Å². The molecule has 0 spiro atoms. The predicted molar refractivity (Wildman–Crippen MR) is 129 cm³/mol. The molecule has 2 atom stereocenters. The van der Waals surface area contributed by atoms with Gasteiger partial charge in [0, 0.05) is 33.4 Å². The summed E-state index contributed by atoms with van der Waals surface area (Å²) in [6.07, 6.45) is -1.52. The Hall–Kier alpha value is -2.77. The van der Waals surface area contributed by atoms with Gasteiger partial charge >= 0.3 is 5.97 Å². The Morgan fingerprint density at radius 2 is 1.70 bits per heavy atom. The third-order valence-electron chi connectivity index (χ3n) is 5.57. The average Bonchev–Trinajstić information content (AvgIpc) is 2.87. The maximum Gasteiger partial charge on any atom is 0.347 e. The van der Waals surface area contributed by atoms with Gasteiger partial charge in [-0.3, -0.25) is 10.1 Å². The Morgan fingerprint density at radius 1 is 1.03 bits per heavy atom. The van der Waals surface area contributed by atoms with Crippen LogP contribution in [0.5, 0.6) is 5.75 Å². The van der Waals surface area contributed by atoms with Crippen molar-refractivity contribution in [2.24, 2.45) is 0 Å². The van der Waals surface area contributed by atoms with Crippen molar-refractivity contribution in [3.05, 3.63) is 92.9 Å². The van der Waals surface area contributed by atoms with Gasteiger partial charge in [0.15, 0.2) is 0 Å². The SMILES string of the molecule is CN1C(=O)CNC(c2ccccc2)(C(Oc2cc(Cl)cc(Cl)c2)C(=O)O)c2cc(Cl)ccc21. The van der Waals surface area contributed by atoms with Gasteiger partial charge in [-0.25, -0.2) is 4.79 Å². The summed E-state index contributed by atoms with van der Waals surface area (Å²) >= 11 is 18.6. The number of aliphatic carboxylic acids is 1. The standard InChI is InChI=1S/C24H19Cl3N2O4/c1-29-20-8-7-15(25)12-19(20)24(28-13-21(29)30,14-5-3-2-4-6-14)22(23(31)32)33-18-10-16(26)9-17(27)11-18/h2-12,22,28H,13H2,1H3,(H,31,32). The summed E-state index contributed by atoms with van der Waals surface area (Å²) < 4.78 is 6.05. The molecule has 0 aromatic heterocycles. The first kappa shape index (κ1) is 23.4. The van der Waals surface area contributed by atoms with Crippen molar-refractivity contribution < 1.29 is 19.4 Å². The first-order chi connectivity index (χ1) is 15.7. The van der Waals surface area contributed by atoms with Crippen molar-refractivity contribution in [1.29, 1.82) is 0 Å². The van der Waals surface area contributed by atoms with Crippen molar-refractivity contribution in [2.75, 3.05) is 18.5 Å². The fourth-order valence-corrected chi connectivity index (χ4v) is 4.76. The molecule has 0 fully saturated rings. The number of likely N-dealkylation sites (N-methyl/N-ethyl adjacent to an activating group) is 1. The van der Waals surface area contributed by atoms with Crippen molar-refractivity contribution in [3.63, 3.8) is 0 Å². The van der Waals surface area contributed by atoms with Crippen LogP contribution in [0.3, 0.4) is 0 Å². The number of hydrogen-bond acceptors (Lipinski definition) is 4. The highest BCUT2D eigenvalue weighted by Crippen LogP contribution is 2.43. The number of fused-ring (bicyclic) bond motifs is 1. The quantitative estimate of drug-likeness (QED) is 0.511. The molecule has 0 saturated carbocycles. The van der Waals surface area contributed by atoms with Gasteiger partial charge in [-0.15, -0.1) is 0 Å². The Kier molecular flexibility index (Phi) is 6.54. The van der Waals surface area contributed by atoms with E-state index in [-0.39, 0.29) is 18.2 Å². The minimum absolute atomic E-state index is 0.138. The lowest BCUT2D eigenvalue weighted by Gasteiger charge is -2.40. The van der Waals surface area contributed by atoms with E-state index in [1.54, 1.807) is 49.5 Å². The molecule has 0 bridgehead atoms. The van der Waals surface area contributed by atoms with Gasteiger partial charge in [0.2, 0.25) is 12.0 Å². The van der Waals surface area contributed by atoms with Gasteiger partial charge < -0.3 is 14.7 Å². The van der Waals surface area contributed by atoms with Gasteiger partial charge in [-0.05, 0) is 42.0 Å². The Morgan fingerprint density at radius 3 is 2.33 bits per heavy atom. The van der Waals surface area contributed by atoms with Gasteiger partial charge in [0.1, 0.15) is 11.3 Å². The van der Waals surface area contributed by atoms with E-state index in [0.29, 0.717) is 31.9 Å². The van der Waals surface area contributed by atoms with Crippen molar-refractivity contribution in [2.45, 2.75) is 11.6 Å². The molecule has 4 rings (SSSR count). The number of halogens is 3. The van der Waals surface area contributed by atoms with E-state index in [4.69, 9.17) is 39.5 Å². The van der Waals surface area contributed by atoms with E-state index in [2.05, 4.69) is 5.32 Å². The lowest BCUT2D eigenvalue weighted by atomic mass is 9.77. The number of rotatable bonds is 5. The minimum Gasteiger partial charge on any atom is -0.478 e. The van der Waals surface area contributed by atoms with Crippen LogP contribution < -0.4 is 15.0 Å². The number of carboxylic acids is 1. The number of nitrogens with zero attached hydrogens (tertiary/aromatic N) is 1. The Bertz CT molecular complexity index is 1200. The highest BCUT2D eigenvalue weighted by molar-refractivity contribution is 6.34. The Labute approximate surface area is 205 Å². The molecule has 0 saturated heterocycles. The molecule has 33 heavy (non-hydrogen) atoms.